The van der Waals surface area contributed by atoms with Gasteiger partial charge in [0.15, 0.2) is 0 Å². The Hall–Kier alpha value is -1.90. The van der Waals surface area contributed by atoms with E-state index in [2.05, 4.69) is 6.07 Å². The number of nitrogens with zero attached hydrogens (tertiary/aromatic N) is 2. The van der Waals surface area contributed by atoms with Gasteiger partial charge in [-0.05, 0) is 17.7 Å². The first kappa shape index (κ1) is 12.6. The quantitative estimate of drug-likeness (QED) is 0.827. The van der Waals surface area contributed by atoms with Crippen LogP contribution in [0.25, 0.3) is 0 Å². The summed E-state index contributed by atoms with van der Waals surface area (Å²) in [6.45, 7) is 2.29. The van der Waals surface area contributed by atoms with E-state index < -0.39 is 0 Å². The van der Waals surface area contributed by atoms with Crippen LogP contribution in [0.1, 0.15) is 11.1 Å². The van der Waals surface area contributed by atoms with Crippen molar-refractivity contribution < 1.29 is 9.53 Å². The highest BCUT2D eigenvalue weighted by Crippen LogP contribution is 2.13. The summed E-state index contributed by atoms with van der Waals surface area (Å²) in [5.74, 6) is -0.358. The average Bonchev–Trinajstić information content (AvgIpc) is 2.40. The topological polar surface area (TPSA) is 79.3 Å². The summed E-state index contributed by atoms with van der Waals surface area (Å²) >= 11 is 0. The highest BCUT2D eigenvalue weighted by atomic mass is 16.5. The fourth-order valence-corrected chi connectivity index (χ4v) is 2.01. The normalized spacial score (nSPS) is 20.3. The van der Waals surface area contributed by atoms with Crippen LogP contribution >= 0.6 is 0 Å². The molecule has 0 radical (unpaired) electrons. The van der Waals surface area contributed by atoms with Crippen molar-refractivity contribution >= 4 is 5.91 Å². The Morgan fingerprint density at radius 1 is 1.50 bits per heavy atom. The van der Waals surface area contributed by atoms with Crippen molar-refractivity contribution in [3.63, 3.8) is 0 Å². The molecule has 0 bridgehead atoms. The number of amides is 1. The minimum Gasteiger partial charge on any atom is -0.378 e. The van der Waals surface area contributed by atoms with E-state index >= 15 is 0 Å². The Morgan fingerprint density at radius 3 is 2.83 bits per heavy atom. The van der Waals surface area contributed by atoms with E-state index in [1.165, 1.54) is 0 Å². The third-order valence-electron chi connectivity index (χ3n) is 3.04. The number of nitrogens with two attached hydrogens (primary N) is 1. The SMILES string of the molecule is N#Cc1ccc(CN2CCOCC2C(N)=O)cc1. The molecule has 1 aromatic rings. The van der Waals surface area contributed by atoms with E-state index in [4.69, 9.17) is 15.7 Å². The van der Waals surface area contributed by atoms with E-state index in [0.717, 1.165) is 5.56 Å². The number of rotatable bonds is 3. The van der Waals surface area contributed by atoms with Gasteiger partial charge in [0, 0.05) is 13.1 Å². The van der Waals surface area contributed by atoms with Crippen LogP contribution in [0.2, 0.25) is 0 Å². The number of hydrogen-bond donors (Lipinski definition) is 1. The van der Waals surface area contributed by atoms with Crippen molar-refractivity contribution in [3.05, 3.63) is 35.4 Å². The first-order valence-electron chi connectivity index (χ1n) is 5.81. The maximum absolute atomic E-state index is 11.3. The summed E-state index contributed by atoms with van der Waals surface area (Å²) in [4.78, 5) is 13.3. The highest BCUT2D eigenvalue weighted by Gasteiger charge is 2.27. The van der Waals surface area contributed by atoms with Crippen molar-refractivity contribution in [3.8, 4) is 6.07 Å². The monoisotopic (exact) mass is 245 g/mol. The number of nitriles is 1. The fraction of sp³-hybridized carbons (Fsp3) is 0.385. The van der Waals surface area contributed by atoms with E-state index in [9.17, 15) is 4.79 Å². The van der Waals surface area contributed by atoms with Gasteiger partial charge in [-0.1, -0.05) is 12.1 Å². The Labute approximate surface area is 106 Å². The average molecular weight is 245 g/mol. The van der Waals surface area contributed by atoms with Crippen LogP contribution in [-0.4, -0.2) is 36.6 Å². The molecule has 2 N–H and O–H groups in total. The summed E-state index contributed by atoms with van der Waals surface area (Å²) in [7, 11) is 0. The zero-order valence-corrected chi connectivity index (χ0v) is 10.0. The number of primary amides is 1. The van der Waals surface area contributed by atoms with Crippen molar-refractivity contribution in [1.29, 1.82) is 5.26 Å². The highest BCUT2D eigenvalue weighted by molar-refractivity contribution is 5.80. The lowest BCUT2D eigenvalue weighted by molar-refractivity contribution is -0.129. The molecule has 1 aromatic carbocycles. The maximum Gasteiger partial charge on any atom is 0.237 e. The molecular weight excluding hydrogens is 230 g/mol. The third-order valence-corrected chi connectivity index (χ3v) is 3.04. The predicted molar refractivity (Wildman–Crippen MR) is 65.4 cm³/mol. The zero-order valence-electron chi connectivity index (χ0n) is 10.0. The second kappa shape index (κ2) is 5.63. The molecule has 1 aliphatic rings. The molecule has 1 atom stereocenters. The molecule has 1 heterocycles. The van der Waals surface area contributed by atoms with Gasteiger partial charge >= 0.3 is 0 Å². The molecule has 0 spiro atoms. The van der Waals surface area contributed by atoms with Gasteiger partial charge in [0.2, 0.25) is 5.91 Å². The van der Waals surface area contributed by atoms with Crippen LogP contribution in [0.15, 0.2) is 24.3 Å². The Morgan fingerprint density at radius 2 is 2.22 bits per heavy atom. The van der Waals surface area contributed by atoms with Crippen molar-refractivity contribution in [2.75, 3.05) is 19.8 Å². The van der Waals surface area contributed by atoms with Gasteiger partial charge in [0.1, 0.15) is 6.04 Å². The Kier molecular flexibility index (Phi) is 3.92. The van der Waals surface area contributed by atoms with Gasteiger partial charge < -0.3 is 10.5 Å². The molecule has 1 saturated heterocycles. The summed E-state index contributed by atoms with van der Waals surface area (Å²) in [5, 5.41) is 8.73. The van der Waals surface area contributed by atoms with E-state index in [1.807, 2.05) is 17.0 Å². The van der Waals surface area contributed by atoms with Crippen LogP contribution in [0, 0.1) is 11.3 Å². The van der Waals surface area contributed by atoms with Crippen molar-refractivity contribution in [2.45, 2.75) is 12.6 Å². The molecule has 94 valence electrons. The lowest BCUT2D eigenvalue weighted by atomic mass is 10.1. The number of carbonyl (C=O) groups excluding carboxylic acids is 1. The van der Waals surface area contributed by atoms with E-state index in [1.54, 1.807) is 12.1 Å². The van der Waals surface area contributed by atoms with Crippen LogP contribution in [0.5, 0.6) is 0 Å². The molecule has 18 heavy (non-hydrogen) atoms. The molecule has 2 rings (SSSR count). The van der Waals surface area contributed by atoms with Gasteiger partial charge in [-0.25, -0.2) is 0 Å². The molecule has 0 aliphatic carbocycles. The van der Waals surface area contributed by atoms with Crippen molar-refractivity contribution in [2.24, 2.45) is 5.73 Å². The van der Waals surface area contributed by atoms with Crippen LogP contribution in [0.4, 0.5) is 0 Å². The number of morpholine rings is 1. The molecule has 1 amide bonds. The summed E-state index contributed by atoms with van der Waals surface area (Å²) in [6, 6.07) is 9.05. The molecule has 1 aliphatic heterocycles. The minimum absolute atomic E-state index is 0.353. The predicted octanol–water partition coefficient (Wildman–Crippen LogP) is 0.244. The first-order valence-corrected chi connectivity index (χ1v) is 5.81. The number of carbonyl (C=O) groups is 1. The van der Waals surface area contributed by atoms with Gasteiger partial charge in [0.25, 0.3) is 0 Å². The first-order chi connectivity index (χ1) is 8.70. The molecule has 1 unspecified atom stereocenters. The minimum atomic E-state index is -0.366. The standard InChI is InChI=1S/C13H15N3O2/c14-7-10-1-3-11(4-2-10)8-16-5-6-18-9-12(16)13(15)17/h1-4,12H,5-6,8-9H2,(H2,15,17). The summed E-state index contributed by atoms with van der Waals surface area (Å²) in [5.41, 5.74) is 7.04. The van der Waals surface area contributed by atoms with E-state index in [-0.39, 0.29) is 11.9 Å². The zero-order chi connectivity index (χ0) is 13.0. The largest absolute Gasteiger partial charge is 0.378 e. The number of hydrogen-bond acceptors (Lipinski definition) is 4. The van der Waals surface area contributed by atoms with Gasteiger partial charge in [-0.2, -0.15) is 5.26 Å². The molecule has 5 heteroatoms. The maximum atomic E-state index is 11.3. The van der Waals surface area contributed by atoms with Crippen LogP contribution in [-0.2, 0) is 16.1 Å². The molecule has 1 fully saturated rings. The van der Waals surface area contributed by atoms with E-state index in [0.29, 0.717) is 31.9 Å². The smallest absolute Gasteiger partial charge is 0.237 e. The third kappa shape index (κ3) is 2.86. The second-order valence-corrected chi connectivity index (χ2v) is 4.27. The lowest BCUT2D eigenvalue weighted by Gasteiger charge is -2.33. The molecular formula is C13H15N3O2. The summed E-state index contributed by atoms with van der Waals surface area (Å²) < 4.78 is 5.26. The second-order valence-electron chi connectivity index (χ2n) is 4.27. The fourth-order valence-electron chi connectivity index (χ4n) is 2.01. The van der Waals surface area contributed by atoms with Gasteiger partial charge in [-0.15, -0.1) is 0 Å². The molecule has 0 saturated carbocycles. The van der Waals surface area contributed by atoms with Gasteiger partial charge in [-0.3, -0.25) is 9.69 Å². The lowest BCUT2D eigenvalue weighted by Crippen LogP contribution is -2.51. The van der Waals surface area contributed by atoms with Gasteiger partial charge in [0.05, 0.1) is 24.8 Å². The number of benzene rings is 1. The van der Waals surface area contributed by atoms with Crippen LogP contribution < -0.4 is 5.73 Å². The van der Waals surface area contributed by atoms with Crippen LogP contribution in [0.3, 0.4) is 0 Å². The summed E-state index contributed by atoms with van der Waals surface area (Å²) in [6.07, 6.45) is 0. The van der Waals surface area contributed by atoms with Crippen molar-refractivity contribution in [1.82, 2.24) is 4.90 Å². The Balaban J connectivity index is 2.06. The Bertz CT molecular complexity index is 464. The molecule has 5 nitrogen and oxygen atoms in total. The molecule has 0 aromatic heterocycles. The number of ether oxygens (including phenoxy) is 1.